The second kappa shape index (κ2) is 11.9. The molecular weight excluding hydrogens is 410 g/mol. The third-order valence-corrected chi connectivity index (χ3v) is 5.89. The second-order valence-electron chi connectivity index (χ2n) is 8.25. The summed E-state index contributed by atoms with van der Waals surface area (Å²) in [6, 6.07) is 19.6. The van der Waals surface area contributed by atoms with Gasteiger partial charge in [0.15, 0.2) is 0 Å². The maximum atomic E-state index is 14.0. The molecule has 0 radical (unpaired) electrons. The number of hydrogen-bond acceptors (Lipinski definition) is 3. The third-order valence-electron chi connectivity index (χ3n) is 5.89. The monoisotopic (exact) mass is 445 g/mol. The van der Waals surface area contributed by atoms with E-state index in [1.165, 1.54) is 0 Å². The molecule has 5 heteroatoms. The van der Waals surface area contributed by atoms with E-state index in [4.69, 9.17) is 5.73 Å². The van der Waals surface area contributed by atoms with Gasteiger partial charge in [-0.25, -0.2) is 0 Å². The van der Waals surface area contributed by atoms with Gasteiger partial charge in [0.2, 0.25) is 11.8 Å². The number of amides is 2. The minimum absolute atomic E-state index is 0.0819. The van der Waals surface area contributed by atoms with E-state index in [9.17, 15) is 9.59 Å². The van der Waals surface area contributed by atoms with Crippen LogP contribution in [0, 0.1) is 11.8 Å². The largest absolute Gasteiger partial charge is 0.385 e. The summed E-state index contributed by atoms with van der Waals surface area (Å²) in [6.45, 7) is 7.81. The van der Waals surface area contributed by atoms with Crippen LogP contribution in [-0.2, 0) is 15.0 Å². The van der Waals surface area contributed by atoms with Crippen LogP contribution in [0.1, 0.15) is 64.5 Å². The highest BCUT2D eigenvalue weighted by molar-refractivity contribution is 5.92. The Hall–Kier alpha value is -3.52. The van der Waals surface area contributed by atoms with Crippen LogP contribution >= 0.6 is 0 Å². The number of benzene rings is 2. The summed E-state index contributed by atoms with van der Waals surface area (Å²) in [4.78, 5) is 26.0. The van der Waals surface area contributed by atoms with Gasteiger partial charge < -0.3 is 16.4 Å². The summed E-state index contributed by atoms with van der Waals surface area (Å²) in [6.07, 6.45) is 3.65. The highest BCUT2D eigenvalue weighted by Gasteiger charge is 2.42. The molecule has 1 unspecified atom stereocenters. The Labute approximate surface area is 197 Å². The Bertz CT molecular complexity index is 980. The fraction of sp³-hybridized carbons (Fsp3) is 0.357. The molecule has 4 N–H and O–H groups in total. The van der Waals surface area contributed by atoms with E-state index in [1.54, 1.807) is 6.08 Å². The van der Waals surface area contributed by atoms with E-state index in [2.05, 4.69) is 22.5 Å². The van der Waals surface area contributed by atoms with E-state index >= 15 is 0 Å². The van der Waals surface area contributed by atoms with Gasteiger partial charge in [-0.2, -0.15) is 0 Å². The number of hydrogen-bond donors (Lipinski definition) is 3. The van der Waals surface area contributed by atoms with Gasteiger partial charge in [-0.05, 0) is 37.0 Å². The lowest BCUT2D eigenvalue weighted by Crippen LogP contribution is -2.53. The van der Waals surface area contributed by atoms with Crippen molar-refractivity contribution in [2.24, 2.45) is 5.73 Å². The van der Waals surface area contributed by atoms with Crippen molar-refractivity contribution in [3.63, 3.8) is 0 Å². The number of nitrogens with two attached hydrogens (primary N) is 1. The van der Waals surface area contributed by atoms with Gasteiger partial charge in [-0.15, -0.1) is 5.92 Å². The molecule has 5 nitrogen and oxygen atoms in total. The lowest BCUT2D eigenvalue weighted by atomic mass is 9.71. The average molecular weight is 446 g/mol. The maximum Gasteiger partial charge on any atom is 0.237 e. The van der Waals surface area contributed by atoms with Crippen molar-refractivity contribution in [1.82, 2.24) is 10.6 Å². The molecule has 33 heavy (non-hydrogen) atoms. The number of carbonyl (C=O) groups excluding carboxylic acids is 2. The van der Waals surface area contributed by atoms with Gasteiger partial charge in [0.05, 0.1) is 17.4 Å². The molecule has 2 amide bonds. The first-order valence-electron chi connectivity index (χ1n) is 11.5. The summed E-state index contributed by atoms with van der Waals surface area (Å²) in [5, 5.41) is 5.88. The summed E-state index contributed by atoms with van der Waals surface area (Å²) >= 11 is 0. The van der Waals surface area contributed by atoms with Crippen LogP contribution in [-0.4, -0.2) is 17.4 Å². The number of carbonyl (C=O) groups is 2. The highest BCUT2D eigenvalue weighted by atomic mass is 16.2. The second-order valence-corrected chi connectivity index (χ2v) is 8.25. The maximum absolute atomic E-state index is 14.0. The normalized spacial score (nSPS) is 13.3. The molecular formula is C28H35N3O2. The Kier molecular flexibility index (Phi) is 9.30. The number of nitrogens with one attached hydrogen (secondary N) is 2. The first-order chi connectivity index (χ1) is 15.8. The first kappa shape index (κ1) is 25.7. The first-order valence-corrected chi connectivity index (χ1v) is 11.5. The standard InChI is InChI=1S/C28H35N3O2/c1-5-8-11-20-25(32)30-24(29)21-27(4,6-2)31-26(33)28(7-3,22-16-12-9-13-17-22)23-18-14-10-15-19-23/h9-10,12-19,21H,5-7,20,29H2,1-4H3,(H,30,32)(H,31,33)/b24-21+. The smallest absolute Gasteiger partial charge is 0.237 e. The summed E-state index contributed by atoms with van der Waals surface area (Å²) < 4.78 is 0. The van der Waals surface area contributed by atoms with E-state index in [-0.39, 0.29) is 24.1 Å². The molecule has 0 aliphatic heterocycles. The quantitative estimate of drug-likeness (QED) is 0.501. The van der Waals surface area contributed by atoms with Crippen LogP contribution in [0.25, 0.3) is 0 Å². The average Bonchev–Trinajstić information content (AvgIpc) is 2.81. The van der Waals surface area contributed by atoms with Crippen LogP contribution in [0.4, 0.5) is 0 Å². The third kappa shape index (κ3) is 6.49. The van der Waals surface area contributed by atoms with Crippen LogP contribution in [0.3, 0.4) is 0 Å². The molecule has 1 atom stereocenters. The van der Waals surface area contributed by atoms with Gasteiger partial charge >= 0.3 is 0 Å². The predicted molar refractivity (Wildman–Crippen MR) is 134 cm³/mol. The fourth-order valence-electron chi connectivity index (χ4n) is 3.89. The van der Waals surface area contributed by atoms with E-state index in [0.717, 1.165) is 11.1 Å². The minimum Gasteiger partial charge on any atom is -0.385 e. The van der Waals surface area contributed by atoms with Crippen molar-refractivity contribution in [3.8, 4) is 11.8 Å². The molecule has 0 aliphatic rings. The Balaban J connectivity index is 2.37. The molecule has 0 saturated carbocycles. The van der Waals surface area contributed by atoms with Crippen LogP contribution < -0.4 is 16.4 Å². The van der Waals surface area contributed by atoms with Gasteiger partial charge in [-0.1, -0.05) is 87.4 Å². The topological polar surface area (TPSA) is 84.2 Å². The van der Waals surface area contributed by atoms with Crippen molar-refractivity contribution < 1.29 is 9.59 Å². The molecule has 2 rings (SSSR count). The molecule has 0 fully saturated rings. The molecule has 0 saturated heterocycles. The van der Waals surface area contributed by atoms with Crippen molar-refractivity contribution >= 4 is 11.8 Å². The van der Waals surface area contributed by atoms with Gasteiger partial charge in [0.25, 0.3) is 0 Å². The Morgan fingerprint density at radius 3 is 1.91 bits per heavy atom. The lowest BCUT2D eigenvalue weighted by molar-refractivity contribution is -0.126. The zero-order valence-corrected chi connectivity index (χ0v) is 20.1. The van der Waals surface area contributed by atoms with Crippen LogP contribution in [0.2, 0.25) is 0 Å². The van der Waals surface area contributed by atoms with Crippen molar-refractivity contribution in [1.29, 1.82) is 0 Å². The van der Waals surface area contributed by atoms with E-state index < -0.39 is 11.0 Å². The van der Waals surface area contributed by atoms with Gasteiger partial charge in [0, 0.05) is 6.42 Å². The van der Waals surface area contributed by atoms with Crippen molar-refractivity contribution in [2.45, 2.75) is 64.3 Å². The molecule has 0 aromatic heterocycles. The zero-order chi connectivity index (χ0) is 24.3. The summed E-state index contributed by atoms with van der Waals surface area (Å²) in [5.74, 6) is 5.47. The van der Waals surface area contributed by atoms with Crippen LogP contribution in [0.5, 0.6) is 0 Å². The van der Waals surface area contributed by atoms with E-state index in [1.807, 2.05) is 88.4 Å². The molecule has 174 valence electrons. The molecule has 0 heterocycles. The predicted octanol–water partition coefficient (Wildman–Crippen LogP) is 4.39. The zero-order valence-electron chi connectivity index (χ0n) is 20.1. The Morgan fingerprint density at radius 1 is 0.909 bits per heavy atom. The summed E-state index contributed by atoms with van der Waals surface area (Å²) in [5.41, 5.74) is 6.34. The Morgan fingerprint density at radius 2 is 1.45 bits per heavy atom. The van der Waals surface area contributed by atoms with Gasteiger partial charge in [0.1, 0.15) is 5.82 Å². The molecule has 0 spiro atoms. The molecule has 2 aromatic rings. The number of rotatable bonds is 9. The van der Waals surface area contributed by atoms with Crippen molar-refractivity contribution in [3.05, 3.63) is 83.7 Å². The van der Waals surface area contributed by atoms with Crippen LogP contribution in [0.15, 0.2) is 72.6 Å². The molecule has 0 bridgehead atoms. The lowest BCUT2D eigenvalue weighted by Gasteiger charge is -2.37. The fourth-order valence-corrected chi connectivity index (χ4v) is 3.89. The minimum atomic E-state index is -0.861. The van der Waals surface area contributed by atoms with E-state index in [0.29, 0.717) is 19.3 Å². The molecule has 0 aliphatic carbocycles. The summed E-state index contributed by atoms with van der Waals surface area (Å²) in [7, 11) is 0. The van der Waals surface area contributed by atoms with Crippen molar-refractivity contribution in [2.75, 3.05) is 0 Å². The van der Waals surface area contributed by atoms with Gasteiger partial charge in [-0.3, -0.25) is 9.59 Å². The highest BCUT2D eigenvalue weighted by Crippen LogP contribution is 2.36. The SMILES string of the molecule is CCC#CCC(=O)N/C(N)=C/C(C)(CC)NC(=O)C(CC)(c1ccccc1)c1ccccc1. The molecule has 2 aromatic carbocycles.